The molecule has 1 aromatic rings. The second-order valence-corrected chi connectivity index (χ2v) is 5.90. The van der Waals surface area contributed by atoms with Gasteiger partial charge in [-0.1, -0.05) is 6.92 Å². The van der Waals surface area contributed by atoms with E-state index in [1.165, 1.54) is 0 Å². The molecule has 0 saturated heterocycles. The third kappa shape index (κ3) is 6.61. The molecule has 1 unspecified atom stereocenters. The number of furan rings is 1. The van der Waals surface area contributed by atoms with Gasteiger partial charge in [0, 0.05) is 19.0 Å². The van der Waals surface area contributed by atoms with Crippen LogP contribution in [0.2, 0.25) is 0 Å². The largest absolute Gasteiger partial charge is 0.465 e. The van der Waals surface area contributed by atoms with Crippen molar-refractivity contribution < 1.29 is 13.9 Å². The van der Waals surface area contributed by atoms with E-state index in [4.69, 9.17) is 9.15 Å². The Labute approximate surface area is 121 Å². The Balaban J connectivity index is 2.22. The highest BCUT2D eigenvalue weighted by Crippen LogP contribution is 2.08. The zero-order valence-corrected chi connectivity index (χ0v) is 13.1. The molecular weight excluding hydrogens is 256 g/mol. The summed E-state index contributed by atoms with van der Waals surface area (Å²) in [5.74, 6) is 1.90. The van der Waals surface area contributed by atoms with Gasteiger partial charge < -0.3 is 19.8 Å². The molecule has 0 aliphatic heterocycles. The predicted molar refractivity (Wildman–Crippen MR) is 78.6 cm³/mol. The van der Waals surface area contributed by atoms with E-state index in [1.54, 1.807) is 0 Å². The van der Waals surface area contributed by atoms with E-state index in [9.17, 15) is 4.79 Å². The van der Waals surface area contributed by atoms with Crippen molar-refractivity contribution in [1.82, 2.24) is 10.6 Å². The van der Waals surface area contributed by atoms with E-state index in [-0.39, 0.29) is 6.04 Å². The first kappa shape index (κ1) is 16.6. The van der Waals surface area contributed by atoms with Gasteiger partial charge in [-0.25, -0.2) is 4.79 Å². The molecule has 114 valence electrons. The van der Waals surface area contributed by atoms with Gasteiger partial charge >= 0.3 is 6.09 Å². The lowest BCUT2D eigenvalue weighted by Gasteiger charge is -2.22. The van der Waals surface area contributed by atoms with Crippen LogP contribution in [0.3, 0.4) is 0 Å². The number of hydrogen-bond acceptors (Lipinski definition) is 4. The van der Waals surface area contributed by atoms with Crippen LogP contribution >= 0.6 is 0 Å². The van der Waals surface area contributed by atoms with Crippen molar-refractivity contribution in [2.75, 3.05) is 6.54 Å². The molecule has 1 atom stereocenters. The van der Waals surface area contributed by atoms with Gasteiger partial charge in [0.1, 0.15) is 17.1 Å². The van der Waals surface area contributed by atoms with Crippen molar-refractivity contribution in [2.45, 2.75) is 59.2 Å². The molecule has 5 nitrogen and oxygen atoms in total. The molecule has 0 aliphatic rings. The molecule has 0 saturated carbocycles. The topological polar surface area (TPSA) is 63.5 Å². The average molecular weight is 282 g/mol. The van der Waals surface area contributed by atoms with Gasteiger partial charge in [0.05, 0.1) is 6.54 Å². The number of nitrogens with one attached hydrogen (secondary N) is 2. The van der Waals surface area contributed by atoms with Crippen LogP contribution in [-0.2, 0) is 17.7 Å². The van der Waals surface area contributed by atoms with Gasteiger partial charge in [-0.15, -0.1) is 0 Å². The highest BCUT2D eigenvalue weighted by Gasteiger charge is 2.17. The maximum atomic E-state index is 11.6. The van der Waals surface area contributed by atoms with Crippen molar-refractivity contribution in [1.29, 1.82) is 0 Å². The first-order valence-corrected chi connectivity index (χ1v) is 7.08. The molecule has 0 aliphatic carbocycles. The summed E-state index contributed by atoms with van der Waals surface area (Å²) in [6, 6.07) is 3.95. The van der Waals surface area contributed by atoms with Crippen LogP contribution in [0.4, 0.5) is 4.79 Å². The monoisotopic (exact) mass is 282 g/mol. The molecular formula is C15H26N2O3. The fraction of sp³-hybridized carbons (Fsp3) is 0.667. The van der Waals surface area contributed by atoms with Gasteiger partial charge in [0.25, 0.3) is 0 Å². The number of alkyl carbamates (subject to hydrolysis) is 1. The number of amides is 1. The highest BCUT2D eigenvalue weighted by atomic mass is 16.6. The normalized spacial score (nSPS) is 13.1. The van der Waals surface area contributed by atoms with Crippen molar-refractivity contribution in [3.63, 3.8) is 0 Å². The molecule has 1 rings (SSSR count). The van der Waals surface area contributed by atoms with E-state index in [0.717, 1.165) is 17.9 Å². The molecule has 1 amide bonds. The predicted octanol–water partition coefficient (Wildman–Crippen LogP) is 2.84. The minimum absolute atomic E-state index is 0.00884. The summed E-state index contributed by atoms with van der Waals surface area (Å²) < 4.78 is 10.8. The maximum absolute atomic E-state index is 11.6. The zero-order valence-electron chi connectivity index (χ0n) is 13.1. The van der Waals surface area contributed by atoms with E-state index < -0.39 is 11.7 Å². The molecule has 0 fully saturated rings. The van der Waals surface area contributed by atoms with Gasteiger partial charge in [0.15, 0.2) is 0 Å². The second-order valence-electron chi connectivity index (χ2n) is 5.90. The lowest BCUT2D eigenvalue weighted by molar-refractivity contribution is 0.0508. The molecule has 0 spiro atoms. The van der Waals surface area contributed by atoms with Crippen LogP contribution < -0.4 is 10.6 Å². The number of carbonyl (C=O) groups excluding carboxylic acids is 1. The van der Waals surface area contributed by atoms with E-state index >= 15 is 0 Å². The minimum Gasteiger partial charge on any atom is -0.465 e. The number of rotatable bonds is 6. The molecule has 1 aromatic heterocycles. The maximum Gasteiger partial charge on any atom is 0.407 e. The zero-order chi connectivity index (χ0) is 15.2. The number of hydrogen-bond donors (Lipinski definition) is 2. The minimum atomic E-state index is -0.470. The highest BCUT2D eigenvalue weighted by molar-refractivity contribution is 5.68. The lowest BCUT2D eigenvalue weighted by Crippen LogP contribution is -2.42. The summed E-state index contributed by atoms with van der Waals surface area (Å²) in [7, 11) is 0. The van der Waals surface area contributed by atoms with Gasteiger partial charge in [-0.3, -0.25) is 0 Å². The van der Waals surface area contributed by atoms with Crippen molar-refractivity contribution >= 4 is 6.09 Å². The third-order valence-electron chi connectivity index (χ3n) is 2.58. The van der Waals surface area contributed by atoms with Crippen LogP contribution in [0.25, 0.3) is 0 Å². The third-order valence-corrected chi connectivity index (χ3v) is 2.58. The quantitative estimate of drug-likeness (QED) is 0.842. The molecule has 5 heteroatoms. The summed E-state index contributed by atoms with van der Waals surface area (Å²) >= 11 is 0. The fourth-order valence-electron chi connectivity index (χ4n) is 1.68. The Hall–Kier alpha value is -1.49. The summed E-state index contributed by atoms with van der Waals surface area (Å²) in [6.07, 6.45) is 0.509. The van der Waals surface area contributed by atoms with E-state index in [2.05, 4.69) is 17.6 Å². The number of aryl methyl sites for hydroxylation is 1. The van der Waals surface area contributed by atoms with Gasteiger partial charge in [-0.05, 0) is 39.8 Å². The Morgan fingerprint density at radius 1 is 1.35 bits per heavy atom. The van der Waals surface area contributed by atoms with Crippen LogP contribution in [-0.4, -0.2) is 24.3 Å². The average Bonchev–Trinajstić information content (AvgIpc) is 2.74. The standard InChI is InChI=1S/C15H26N2O3/c1-6-12-7-8-13(19-12)10-16-9-11(2)17-14(18)20-15(3,4)5/h7-8,11,16H,6,9-10H2,1-5H3,(H,17,18). The number of carbonyl (C=O) groups is 1. The van der Waals surface area contributed by atoms with Gasteiger partial charge in [0.2, 0.25) is 0 Å². The first-order valence-electron chi connectivity index (χ1n) is 7.08. The SMILES string of the molecule is CCc1ccc(CNCC(C)NC(=O)OC(C)(C)C)o1. The van der Waals surface area contributed by atoms with Crippen molar-refractivity contribution in [2.24, 2.45) is 0 Å². The summed E-state index contributed by atoms with van der Waals surface area (Å²) in [6.45, 7) is 10.8. The fourth-order valence-corrected chi connectivity index (χ4v) is 1.68. The van der Waals surface area contributed by atoms with Crippen LogP contribution in [0.5, 0.6) is 0 Å². The Bertz CT molecular complexity index is 421. The van der Waals surface area contributed by atoms with E-state index in [0.29, 0.717) is 13.1 Å². The van der Waals surface area contributed by atoms with E-state index in [1.807, 2.05) is 39.8 Å². The summed E-state index contributed by atoms with van der Waals surface area (Å²) in [5, 5.41) is 6.03. The van der Waals surface area contributed by atoms with Crippen LogP contribution in [0.1, 0.15) is 46.1 Å². The second kappa shape index (κ2) is 7.33. The van der Waals surface area contributed by atoms with Crippen molar-refractivity contribution in [3.8, 4) is 0 Å². The molecule has 0 bridgehead atoms. The summed E-state index contributed by atoms with van der Waals surface area (Å²) in [5.41, 5.74) is -0.470. The smallest absolute Gasteiger partial charge is 0.407 e. The van der Waals surface area contributed by atoms with Crippen LogP contribution in [0.15, 0.2) is 16.5 Å². The first-order chi connectivity index (χ1) is 9.30. The Morgan fingerprint density at radius 2 is 2.00 bits per heavy atom. The summed E-state index contributed by atoms with van der Waals surface area (Å²) in [4.78, 5) is 11.6. The van der Waals surface area contributed by atoms with Crippen LogP contribution in [0, 0.1) is 0 Å². The molecule has 2 N–H and O–H groups in total. The molecule has 0 radical (unpaired) electrons. The Kier molecular flexibility index (Phi) is 6.07. The lowest BCUT2D eigenvalue weighted by atomic mass is 10.2. The molecule has 0 aromatic carbocycles. The van der Waals surface area contributed by atoms with Gasteiger partial charge in [-0.2, -0.15) is 0 Å². The Morgan fingerprint density at radius 3 is 2.55 bits per heavy atom. The number of ether oxygens (including phenoxy) is 1. The molecule has 1 heterocycles. The van der Waals surface area contributed by atoms with Crippen molar-refractivity contribution in [3.05, 3.63) is 23.7 Å². The molecule has 20 heavy (non-hydrogen) atoms.